The lowest BCUT2D eigenvalue weighted by molar-refractivity contribution is -0.140. The van der Waals surface area contributed by atoms with Gasteiger partial charge in [-0.25, -0.2) is 0 Å². The van der Waals surface area contributed by atoms with Crippen LogP contribution in [0, 0.1) is 5.92 Å². The highest BCUT2D eigenvalue weighted by Gasteiger charge is 2.15. The van der Waals surface area contributed by atoms with Crippen LogP contribution in [0.1, 0.15) is 18.2 Å². The second-order valence-corrected chi connectivity index (χ2v) is 5.22. The van der Waals surface area contributed by atoms with E-state index in [-0.39, 0.29) is 12.3 Å². The Morgan fingerprint density at radius 1 is 1.56 bits per heavy atom. The third-order valence-electron chi connectivity index (χ3n) is 1.99. The van der Waals surface area contributed by atoms with Crippen LogP contribution in [0.25, 0.3) is 0 Å². The van der Waals surface area contributed by atoms with Crippen molar-refractivity contribution in [2.75, 3.05) is 0 Å². The summed E-state index contributed by atoms with van der Waals surface area (Å²) in [6, 6.07) is 3.59. The van der Waals surface area contributed by atoms with Gasteiger partial charge in [-0.05, 0) is 12.1 Å². The Labute approximate surface area is 102 Å². The molecule has 88 valence electrons. The van der Waals surface area contributed by atoms with Crippen molar-refractivity contribution in [1.82, 2.24) is 5.32 Å². The molecule has 0 aliphatic carbocycles. The second-order valence-electron chi connectivity index (χ2n) is 3.42. The molecule has 0 aromatic carbocycles. The van der Waals surface area contributed by atoms with Gasteiger partial charge in [0.25, 0.3) is 0 Å². The van der Waals surface area contributed by atoms with Crippen molar-refractivity contribution in [2.24, 2.45) is 5.92 Å². The standard InChI is InChI=1S/C10H12ClNO3S/c1-6(4-9(13)14)10(15)12-5-7-2-3-8(11)16-7/h2-3,6H,4-5H2,1H3,(H,12,15)(H,13,14). The van der Waals surface area contributed by atoms with Crippen LogP contribution in [-0.2, 0) is 16.1 Å². The van der Waals surface area contributed by atoms with Gasteiger partial charge in [0.1, 0.15) is 0 Å². The summed E-state index contributed by atoms with van der Waals surface area (Å²) in [6.07, 6.45) is -0.156. The Bertz CT molecular complexity index is 391. The molecule has 1 atom stereocenters. The van der Waals surface area contributed by atoms with Crippen molar-refractivity contribution in [3.8, 4) is 0 Å². The Morgan fingerprint density at radius 3 is 2.75 bits per heavy atom. The van der Waals surface area contributed by atoms with Gasteiger partial charge in [0.05, 0.1) is 17.3 Å². The van der Waals surface area contributed by atoms with E-state index in [1.54, 1.807) is 13.0 Å². The lowest BCUT2D eigenvalue weighted by Crippen LogP contribution is -2.29. The average Bonchev–Trinajstić information content (AvgIpc) is 2.59. The molecule has 4 nitrogen and oxygen atoms in total. The predicted molar refractivity (Wildman–Crippen MR) is 62.6 cm³/mol. The molecule has 1 aromatic heterocycles. The van der Waals surface area contributed by atoms with Gasteiger partial charge in [0.2, 0.25) is 5.91 Å². The van der Waals surface area contributed by atoms with Crippen molar-refractivity contribution < 1.29 is 14.7 Å². The normalized spacial score (nSPS) is 12.1. The monoisotopic (exact) mass is 261 g/mol. The van der Waals surface area contributed by atoms with E-state index in [2.05, 4.69) is 5.32 Å². The molecule has 6 heteroatoms. The summed E-state index contributed by atoms with van der Waals surface area (Å²) in [4.78, 5) is 22.8. The van der Waals surface area contributed by atoms with Crippen LogP contribution in [0.5, 0.6) is 0 Å². The van der Waals surface area contributed by atoms with Crippen LogP contribution in [0.2, 0.25) is 4.34 Å². The van der Waals surface area contributed by atoms with Crippen LogP contribution in [0.15, 0.2) is 12.1 Å². The first-order valence-corrected chi connectivity index (χ1v) is 5.92. The molecule has 0 bridgehead atoms. The van der Waals surface area contributed by atoms with Gasteiger partial charge in [-0.3, -0.25) is 9.59 Å². The van der Waals surface area contributed by atoms with Gasteiger partial charge in [-0.1, -0.05) is 18.5 Å². The molecule has 0 saturated heterocycles. The van der Waals surface area contributed by atoms with Crippen LogP contribution in [-0.4, -0.2) is 17.0 Å². The highest BCUT2D eigenvalue weighted by molar-refractivity contribution is 7.16. The smallest absolute Gasteiger partial charge is 0.304 e. The fourth-order valence-corrected chi connectivity index (χ4v) is 2.18. The SMILES string of the molecule is CC(CC(=O)O)C(=O)NCc1ccc(Cl)s1. The summed E-state index contributed by atoms with van der Waals surface area (Å²) in [5.74, 6) is -1.75. The van der Waals surface area contributed by atoms with Crippen LogP contribution < -0.4 is 5.32 Å². The number of carboxylic acid groups (broad SMARTS) is 1. The molecule has 0 fully saturated rings. The summed E-state index contributed by atoms with van der Waals surface area (Å²) in [7, 11) is 0. The summed E-state index contributed by atoms with van der Waals surface area (Å²) in [5, 5.41) is 11.2. The summed E-state index contributed by atoms with van der Waals surface area (Å²) in [6.45, 7) is 1.98. The van der Waals surface area contributed by atoms with E-state index < -0.39 is 11.9 Å². The first-order valence-electron chi connectivity index (χ1n) is 4.72. The van der Waals surface area contributed by atoms with E-state index in [0.29, 0.717) is 10.9 Å². The molecule has 1 heterocycles. The minimum Gasteiger partial charge on any atom is -0.481 e. The van der Waals surface area contributed by atoms with Gasteiger partial charge < -0.3 is 10.4 Å². The number of aliphatic carboxylic acids is 1. The van der Waals surface area contributed by atoms with Crippen molar-refractivity contribution >= 4 is 34.8 Å². The van der Waals surface area contributed by atoms with E-state index in [4.69, 9.17) is 16.7 Å². The van der Waals surface area contributed by atoms with Gasteiger partial charge in [-0.15, -0.1) is 11.3 Å². The van der Waals surface area contributed by atoms with Gasteiger partial charge in [-0.2, -0.15) is 0 Å². The number of carboxylic acids is 1. The molecular weight excluding hydrogens is 250 g/mol. The Balaban J connectivity index is 2.37. The highest BCUT2D eigenvalue weighted by Crippen LogP contribution is 2.21. The number of amides is 1. The maximum Gasteiger partial charge on any atom is 0.304 e. The van der Waals surface area contributed by atoms with Gasteiger partial charge >= 0.3 is 5.97 Å². The first kappa shape index (κ1) is 13.0. The molecule has 0 saturated carbocycles. The van der Waals surface area contributed by atoms with E-state index in [1.807, 2.05) is 6.07 Å². The fourth-order valence-electron chi connectivity index (χ4n) is 1.15. The Morgan fingerprint density at radius 2 is 2.25 bits per heavy atom. The number of halogens is 1. The molecule has 0 aliphatic rings. The molecule has 1 rings (SSSR count). The molecule has 0 spiro atoms. The van der Waals surface area contributed by atoms with E-state index in [0.717, 1.165) is 4.88 Å². The maximum absolute atomic E-state index is 11.5. The topological polar surface area (TPSA) is 66.4 Å². The van der Waals surface area contributed by atoms with Crippen LogP contribution in [0.4, 0.5) is 0 Å². The number of carbonyl (C=O) groups is 2. The average molecular weight is 262 g/mol. The second kappa shape index (κ2) is 5.86. The lowest BCUT2D eigenvalue weighted by Gasteiger charge is -2.08. The maximum atomic E-state index is 11.5. The zero-order valence-electron chi connectivity index (χ0n) is 8.70. The molecule has 0 radical (unpaired) electrons. The molecule has 0 aliphatic heterocycles. The van der Waals surface area contributed by atoms with E-state index in [9.17, 15) is 9.59 Å². The predicted octanol–water partition coefficient (Wildman–Crippen LogP) is 2.13. The first-order chi connectivity index (χ1) is 7.49. The zero-order valence-corrected chi connectivity index (χ0v) is 10.3. The highest BCUT2D eigenvalue weighted by atomic mass is 35.5. The van der Waals surface area contributed by atoms with Crippen molar-refractivity contribution in [3.63, 3.8) is 0 Å². The quantitative estimate of drug-likeness (QED) is 0.853. The van der Waals surface area contributed by atoms with Crippen LogP contribution >= 0.6 is 22.9 Å². The summed E-state index contributed by atoms with van der Waals surface area (Å²) < 4.78 is 0.669. The zero-order chi connectivity index (χ0) is 12.1. The number of hydrogen-bond acceptors (Lipinski definition) is 3. The largest absolute Gasteiger partial charge is 0.481 e. The summed E-state index contributed by atoms with van der Waals surface area (Å²) >= 11 is 7.12. The lowest BCUT2D eigenvalue weighted by atomic mass is 10.1. The summed E-state index contributed by atoms with van der Waals surface area (Å²) in [5.41, 5.74) is 0. The number of hydrogen-bond donors (Lipinski definition) is 2. The van der Waals surface area contributed by atoms with Crippen LogP contribution in [0.3, 0.4) is 0 Å². The van der Waals surface area contributed by atoms with Crippen molar-refractivity contribution in [2.45, 2.75) is 19.9 Å². The minimum atomic E-state index is -0.971. The van der Waals surface area contributed by atoms with Gasteiger partial charge in [0, 0.05) is 10.8 Å². The Hall–Kier alpha value is -1.07. The molecule has 1 aromatic rings. The number of rotatable bonds is 5. The van der Waals surface area contributed by atoms with E-state index >= 15 is 0 Å². The number of nitrogens with one attached hydrogen (secondary N) is 1. The molecule has 1 amide bonds. The Kier molecular flexibility index (Phi) is 4.76. The van der Waals surface area contributed by atoms with Crippen molar-refractivity contribution in [3.05, 3.63) is 21.3 Å². The molecule has 16 heavy (non-hydrogen) atoms. The van der Waals surface area contributed by atoms with Crippen molar-refractivity contribution in [1.29, 1.82) is 0 Å². The minimum absolute atomic E-state index is 0.156. The number of thiophene rings is 1. The third-order valence-corrected chi connectivity index (χ3v) is 3.23. The number of carbonyl (C=O) groups excluding carboxylic acids is 1. The molecule has 1 unspecified atom stereocenters. The molecular formula is C10H12ClNO3S. The molecule has 2 N–H and O–H groups in total. The van der Waals surface area contributed by atoms with E-state index in [1.165, 1.54) is 11.3 Å². The third kappa shape index (κ3) is 4.20. The van der Waals surface area contributed by atoms with Gasteiger partial charge in [0.15, 0.2) is 0 Å². The fraction of sp³-hybridized carbons (Fsp3) is 0.400.